The van der Waals surface area contributed by atoms with Gasteiger partial charge in [-0.3, -0.25) is 4.79 Å². The number of hydrogen-bond donors (Lipinski definition) is 5. The van der Waals surface area contributed by atoms with Gasteiger partial charge in [0.25, 0.3) is 5.79 Å². The summed E-state index contributed by atoms with van der Waals surface area (Å²) in [4.78, 5) is 25.4. The van der Waals surface area contributed by atoms with Crippen molar-refractivity contribution >= 4 is 22.7 Å². The number of ketones is 1. The van der Waals surface area contributed by atoms with Crippen molar-refractivity contribution in [3.8, 4) is 11.5 Å². The van der Waals surface area contributed by atoms with Gasteiger partial charge in [0.15, 0.2) is 11.9 Å². The van der Waals surface area contributed by atoms with E-state index in [0.717, 1.165) is 18.1 Å². The number of aliphatic hydroxyl groups excluding tert-OH is 2. The summed E-state index contributed by atoms with van der Waals surface area (Å²) in [5.41, 5.74) is -1.05. The number of ether oxygens (including phenoxy) is 3. The molecule has 0 unspecified atom stereocenters. The highest BCUT2D eigenvalue weighted by molar-refractivity contribution is 6.01. The third-order valence-electron chi connectivity index (χ3n) is 6.45. The highest BCUT2D eigenvalue weighted by Gasteiger charge is 2.64. The number of phenolic OH excluding ortho intramolecular Hbond substituents is 1. The Kier molecular flexibility index (Phi) is 7.27. The molecule has 4 rings (SSSR count). The maximum Gasteiger partial charge on any atom is 0.343 e. The molecule has 0 saturated carbocycles. The average Bonchev–Trinajstić information content (AvgIpc) is 3.33. The smallest absolute Gasteiger partial charge is 0.343 e. The number of aromatic hydroxyl groups is 1. The van der Waals surface area contributed by atoms with E-state index in [0.29, 0.717) is 17.6 Å². The molecule has 0 bridgehead atoms. The lowest BCUT2D eigenvalue weighted by Gasteiger charge is -2.48. The zero-order chi connectivity index (χ0) is 27.0. The molecule has 198 valence electrons. The maximum absolute atomic E-state index is 13.2. The van der Waals surface area contributed by atoms with Crippen molar-refractivity contribution in [3.05, 3.63) is 59.4 Å². The molecule has 1 saturated heterocycles. The Labute approximate surface area is 211 Å². The number of benzene rings is 2. The quantitative estimate of drug-likeness (QED) is 0.164. The summed E-state index contributed by atoms with van der Waals surface area (Å²) in [6.45, 7) is -0.0842. The van der Waals surface area contributed by atoms with E-state index in [1.54, 1.807) is 25.3 Å². The second-order valence-corrected chi connectivity index (χ2v) is 9.03. The van der Waals surface area contributed by atoms with Gasteiger partial charge in [-0.05, 0) is 54.8 Å². The lowest BCUT2D eigenvalue weighted by molar-refractivity contribution is -0.343. The standard InChI is InChI=1S/C26H28O11/c1-14-9-18(29)22(17(28)5-3-15-4-6-19-16(11-15)7-8-35-19)20(10-14)37-26(33)21(12-27)36-13-25(32,23(26)30)24(31)34-2/h4,6-11,21,23,27,29-30,32-33H,3,5,12-13H2,1-2H3/t21-,23-,25+,26-/m1/s1. The highest BCUT2D eigenvalue weighted by atomic mass is 16.7. The lowest BCUT2D eigenvalue weighted by atomic mass is 9.85. The SMILES string of the molecule is COC(=O)[C@]1(O)CO[C@H](CO)[C@@](O)(Oc2cc(C)cc(O)c2C(=O)CCc2ccc3occc3c2)[C@@H]1O. The summed E-state index contributed by atoms with van der Waals surface area (Å²) in [5.74, 6) is -5.54. The molecule has 1 aromatic heterocycles. The minimum atomic E-state index is -2.91. The summed E-state index contributed by atoms with van der Waals surface area (Å²) in [6.07, 6.45) is -2.17. The molecule has 1 aliphatic heterocycles. The molecule has 5 N–H and O–H groups in total. The minimum Gasteiger partial charge on any atom is -0.507 e. The monoisotopic (exact) mass is 516 g/mol. The second-order valence-electron chi connectivity index (χ2n) is 9.03. The molecule has 2 aromatic carbocycles. The van der Waals surface area contributed by atoms with Crippen molar-refractivity contribution in [2.24, 2.45) is 0 Å². The van der Waals surface area contributed by atoms with Crippen LogP contribution in [0.25, 0.3) is 11.0 Å². The second kappa shape index (κ2) is 10.1. The number of furan rings is 1. The van der Waals surface area contributed by atoms with Gasteiger partial charge in [-0.15, -0.1) is 0 Å². The van der Waals surface area contributed by atoms with Gasteiger partial charge in [0.1, 0.15) is 28.7 Å². The predicted octanol–water partition coefficient (Wildman–Crippen LogP) is 0.986. The molecule has 0 amide bonds. The third-order valence-corrected chi connectivity index (χ3v) is 6.45. The number of methoxy groups -OCH3 is 1. The number of carbonyl (C=O) groups excluding carboxylic acids is 2. The first-order valence-electron chi connectivity index (χ1n) is 11.5. The third kappa shape index (κ3) is 4.79. The molecule has 0 aliphatic carbocycles. The fraction of sp³-hybridized carbons (Fsp3) is 0.385. The fourth-order valence-corrected chi connectivity index (χ4v) is 4.42. The molecule has 37 heavy (non-hydrogen) atoms. The number of aliphatic hydroxyl groups is 4. The molecular weight excluding hydrogens is 488 g/mol. The molecule has 1 fully saturated rings. The number of phenols is 1. The van der Waals surface area contributed by atoms with Crippen LogP contribution in [0, 0.1) is 6.92 Å². The number of aryl methyl sites for hydroxylation is 2. The van der Waals surface area contributed by atoms with E-state index in [1.807, 2.05) is 12.1 Å². The van der Waals surface area contributed by atoms with Crippen LogP contribution in [-0.4, -0.2) is 81.2 Å². The predicted molar refractivity (Wildman–Crippen MR) is 127 cm³/mol. The molecule has 2 heterocycles. The van der Waals surface area contributed by atoms with Crippen molar-refractivity contribution in [3.63, 3.8) is 0 Å². The first-order valence-corrected chi connectivity index (χ1v) is 11.5. The van der Waals surface area contributed by atoms with E-state index in [-0.39, 0.29) is 17.7 Å². The number of rotatable bonds is 8. The van der Waals surface area contributed by atoms with E-state index in [1.165, 1.54) is 12.1 Å². The summed E-state index contributed by atoms with van der Waals surface area (Å²) >= 11 is 0. The van der Waals surface area contributed by atoms with Crippen LogP contribution in [0.2, 0.25) is 0 Å². The van der Waals surface area contributed by atoms with Gasteiger partial charge < -0.3 is 44.2 Å². The zero-order valence-electron chi connectivity index (χ0n) is 20.2. The molecular formula is C26H28O11. The van der Waals surface area contributed by atoms with Crippen LogP contribution in [0.5, 0.6) is 11.5 Å². The van der Waals surface area contributed by atoms with Crippen molar-refractivity contribution < 1.29 is 53.7 Å². The minimum absolute atomic E-state index is 0.0522. The van der Waals surface area contributed by atoms with Gasteiger partial charge in [-0.1, -0.05) is 6.07 Å². The van der Waals surface area contributed by atoms with Gasteiger partial charge in [-0.25, -0.2) is 4.79 Å². The van der Waals surface area contributed by atoms with Gasteiger partial charge in [0.2, 0.25) is 5.60 Å². The Morgan fingerprint density at radius 2 is 1.92 bits per heavy atom. The van der Waals surface area contributed by atoms with Gasteiger partial charge in [0, 0.05) is 11.8 Å². The zero-order valence-corrected chi connectivity index (χ0v) is 20.2. The summed E-state index contributed by atoms with van der Waals surface area (Å²) in [5, 5.41) is 54.1. The molecule has 11 heteroatoms. The normalized spacial score (nSPS) is 25.7. The molecule has 0 radical (unpaired) electrons. The molecule has 1 aliphatic rings. The Morgan fingerprint density at radius 1 is 1.16 bits per heavy atom. The van der Waals surface area contributed by atoms with Crippen LogP contribution in [0.1, 0.15) is 27.9 Å². The lowest BCUT2D eigenvalue weighted by Crippen LogP contribution is -2.74. The molecule has 4 atom stereocenters. The highest BCUT2D eigenvalue weighted by Crippen LogP contribution is 2.39. The van der Waals surface area contributed by atoms with Gasteiger partial charge >= 0.3 is 5.97 Å². The van der Waals surface area contributed by atoms with E-state index in [2.05, 4.69) is 4.74 Å². The summed E-state index contributed by atoms with van der Waals surface area (Å²) in [7, 11) is 0.963. The maximum atomic E-state index is 13.2. The van der Waals surface area contributed by atoms with Crippen LogP contribution in [0.3, 0.4) is 0 Å². The van der Waals surface area contributed by atoms with E-state index >= 15 is 0 Å². The fourth-order valence-electron chi connectivity index (χ4n) is 4.42. The van der Waals surface area contributed by atoms with Crippen LogP contribution < -0.4 is 4.74 Å². The Morgan fingerprint density at radius 3 is 2.62 bits per heavy atom. The number of carbonyl (C=O) groups is 2. The van der Waals surface area contributed by atoms with E-state index in [9.17, 15) is 35.1 Å². The van der Waals surface area contributed by atoms with Crippen molar-refractivity contribution in [1.29, 1.82) is 0 Å². The van der Waals surface area contributed by atoms with Gasteiger partial charge in [-0.2, -0.15) is 0 Å². The Hall–Kier alpha value is -3.48. The summed E-state index contributed by atoms with van der Waals surface area (Å²) < 4.78 is 20.7. The largest absolute Gasteiger partial charge is 0.507 e. The van der Waals surface area contributed by atoms with Gasteiger partial charge in [0.05, 0.1) is 26.6 Å². The molecule has 11 nitrogen and oxygen atoms in total. The number of esters is 1. The Balaban J connectivity index is 1.65. The topological polar surface area (TPSA) is 176 Å². The van der Waals surface area contributed by atoms with Crippen LogP contribution in [0.15, 0.2) is 47.1 Å². The van der Waals surface area contributed by atoms with Crippen molar-refractivity contribution in [2.45, 2.75) is 43.4 Å². The van der Waals surface area contributed by atoms with Crippen LogP contribution >= 0.6 is 0 Å². The van der Waals surface area contributed by atoms with Crippen molar-refractivity contribution in [2.75, 3.05) is 20.3 Å². The summed E-state index contributed by atoms with van der Waals surface area (Å²) in [6, 6.07) is 9.91. The molecule has 0 spiro atoms. The first-order chi connectivity index (χ1) is 17.5. The van der Waals surface area contributed by atoms with Crippen LogP contribution in [0.4, 0.5) is 0 Å². The van der Waals surface area contributed by atoms with Crippen molar-refractivity contribution in [1.82, 2.24) is 0 Å². The number of fused-ring (bicyclic) bond motifs is 1. The van der Waals surface area contributed by atoms with E-state index in [4.69, 9.17) is 13.9 Å². The number of hydrogen-bond acceptors (Lipinski definition) is 11. The first kappa shape index (κ1) is 26.6. The number of Topliss-reactive ketones (excluding diaryl/α,β-unsaturated/α-hetero) is 1. The average molecular weight is 516 g/mol. The Bertz CT molecular complexity index is 1320. The van der Waals surface area contributed by atoms with Crippen LogP contribution in [-0.2, 0) is 20.7 Å². The molecule has 3 aromatic rings. The van der Waals surface area contributed by atoms with E-state index < -0.39 is 54.3 Å².